The molecule has 0 spiro atoms. The van der Waals surface area contributed by atoms with Crippen molar-refractivity contribution in [2.75, 3.05) is 11.8 Å². The van der Waals surface area contributed by atoms with Crippen molar-refractivity contribution in [3.8, 4) is 22.6 Å². The Morgan fingerprint density at radius 3 is 2.47 bits per heavy atom. The summed E-state index contributed by atoms with van der Waals surface area (Å²) in [5.41, 5.74) is 2.84. The molecule has 4 aromatic carbocycles. The molecule has 34 heavy (non-hydrogen) atoms. The third-order valence-electron chi connectivity index (χ3n) is 5.59. The number of fused-ring (bicyclic) bond motifs is 3. The quantitative estimate of drug-likeness (QED) is 0.386. The van der Waals surface area contributed by atoms with Crippen molar-refractivity contribution in [3.05, 3.63) is 108 Å². The van der Waals surface area contributed by atoms with Gasteiger partial charge in [0.1, 0.15) is 34.1 Å². The second-order valence-corrected chi connectivity index (χ2v) is 9.38. The molecule has 1 aliphatic heterocycles. The summed E-state index contributed by atoms with van der Waals surface area (Å²) in [6.07, 6.45) is -0.705. The molecule has 5 nitrogen and oxygen atoms in total. The van der Waals surface area contributed by atoms with Gasteiger partial charge in [0.2, 0.25) is 0 Å². The third kappa shape index (κ3) is 3.86. The van der Waals surface area contributed by atoms with Crippen molar-refractivity contribution in [1.29, 1.82) is 0 Å². The standard InChI is InChI=1S/C26H19F2NO4S/c1-32-22-9-5-10-23-25(22)19-13-12-18(29-34(30,31)24-11-3-2-8-21(24)28)15-20(19)26(33-23)16-6-4-7-17(27)14-16/h2-15,26,29H,1H3. The van der Waals surface area contributed by atoms with Crippen molar-refractivity contribution < 1.29 is 26.7 Å². The molecule has 0 saturated carbocycles. The Morgan fingerprint density at radius 1 is 0.912 bits per heavy atom. The number of sulfonamides is 1. The van der Waals surface area contributed by atoms with Crippen LogP contribution >= 0.6 is 0 Å². The van der Waals surface area contributed by atoms with E-state index in [0.717, 1.165) is 11.6 Å². The van der Waals surface area contributed by atoms with Crippen LogP contribution in [0.2, 0.25) is 0 Å². The van der Waals surface area contributed by atoms with Gasteiger partial charge >= 0.3 is 0 Å². The number of hydrogen-bond donors (Lipinski definition) is 1. The lowest BCUT2D eigenvalue weighted by atomic mass is 9.89. The van der Waals surface area contributed by atoms with Crippen LogP contribution in [0.15, 0.2) is 89.8 Å². The molecule has 1 heterocycles. The van der Waals surface area contributed by atoms with Crippen LogP contribution in [0.5, 0.6) is 11.5 Å². The Balaban J connectivity index is 1.64. The number of halogens is 2. The largest absolute Gasteiger partial charge is 0.496 e. The molecular weight excluding hydrogens is 460 g/mol. The number of anilines is 1. The van der Waals surface area contributed by atoms with Gasteiger partial charge in [0.25, 0.3) is 10.0 Å². The van der Waals surface area contributed by atoms with E-state index in [9.17, 15) is 17.2 Å². The second-order valence-electron chi connectivity index (χ2n) is 7.72. The van der Waals surface area contributed by atoms with E-state index in [1.165, 1.54) is 30.3 Å². The van der Waals surface area contributed by atoms with Crippen LogP contribution in [0.3, 0.4) is 0 Å². The van der Waals surface area contributed by atoms with E-state index in [1.54, 1.807) is 55.6 Å². The molecule has 0 amide bonds. The highest BCUT2D eigenvalue weighted by molar-refractivity contribution is 7.92. The van der Waals surface area contributed by atoms with Crippen LogP contribution in [0, 0.1) is 11.6 Å². The molecule has 5 rings (SSSR count). The van der Waals surface area contributed by atoms with E-state index in [0.29, 0.717) is 28.2 Å². The summed E-state index contributed by atoms with van der Waals surface area (Å²) < 4.78 is 68.0. The molecule has 0 aromatic heterocycles. The number of benzene rings is 4. The van der Waals surface area contributed by atoms with E-state index >= 15 is 0 Å². The minimum atomic E-state index is -4.18. The number of rotatable bonds is 5. The zero-order valence-electron chi connectivity index (χ0n) is 18.0. The fraction of sp³-hybridized carbons (Fsp3) is 0.0769. The minimum absolute atomic E-state index is 0.213. The van der Waals surface area contributed by atoms with Gasteiger partial charge in [-0.05, 0) is 59.7 Å². The average Bonchev–Trinajstić information content (AvgIpc) is 2.83. The van der Waals surface area contributed by atoms with E-state index < -0.39 is 32.7 Å². The molecule has 172 valence electrons. The van der Waals surface area contributed by atoms with Crippen molar-refractivity contribution >= 4 is 15.7 Å². The topological polar surface area (TPSA) is 64.6 Å². The second kappa shape index (κ2) is 8.46. The summed E-state index contributed by atoms with van der Waals surface area (Å²) in [4.78, 5) is -0.460. The first-order chi connectivity index (χ1) is 16.4. The Labute approximate surface area is 195 Å². The van der Waals surface area contributed by atoms with E-state index in [1.807, 2.05) is 0 Å². The van der Waals surface area contributed by atoms with Crippen LogP contribution < -0.4 is 14.2 Å². The summed E-state index contributed by atoms with van der Waals surface area (Å²) in [6.45, 7) is 0. The van der Waals surface area contributed by atoms with Crippen LogP contribution in [0.1, 0.15) is 17.2 Å². The van der Waals surface area contributed by atoms with Crippen LogP contribution in [0.25, 0.3) is 11.1 Å². The van der Waals surface area contributed by atoms with Gasteiger partial charge in [-0.3, -0.25) is 4.72 Å². The Kier molecular flexibility index (Phi) is 5.45. The molecule has 0 aliphatic carbocycles. The molecule has 0 bridgehead atoms. The predicted molar refractivity (Wildman–Crippen MR) is 125 cm³/mol. The Morgan fingerprint density at radius 2 is 1.71 bits per heavy atom. The van der Waals surface area contributed by atoms with E-state index in [4.69, 9.17) is 9.47 Å². The summed E-state index contributed by atoms with van der Waals surface area (Å²) in [5.74, 6) is -0.139. The van der Waals surface area contributed by atoms with Crippen LogP contribution in [-0.4, -0.2) is 15.5 Å². The maximum Gasteiger partial charge on any atom is 0.264 e. The lowest BCUT2D eigenvalue weighted by molar-refractivity contribution is 0.241. The van der Waals surface area contributed by atoms with Crippen LogP contribution in [-0.2, 0) is 10.0 Å². The normalized spacial score (nSPS) is 14.5. The maximum atomic E-state index is 14.1. The molecule has 4 aromatic rings. The van der Waals surface area contributed by atoms with E-state index in [2.05, 4.69) is 4.72 Å². The highest BCUT2D eigenvalue weighted by Crippen LogP contribution is 2.49. The molecule has 1 atom stereocenters. The average molecular weight is 480 g/mol. The summed E-state index contributed by atoms with van der Waals surface area (Å²) >= 11 is 0. The zero-order valence-corrected chi connectivity index (χ0v) is 18.8. The highest BCUT2D eigenvalue weighted by Gasteiger charge is 2.31. The minimum Gasteiger partial charge on any atom is -0.496 e. The third-order valence-corrected chi connectivity index (χ3v) is 7.00. The van der Waals surface area contributed by atoms with Gasteiger partial charge in [-0.15, -0.1) is 0 Å². The van der Waals surface area contributed by atoms with Gasteiger partial charge in [-0.25, -0.2) is 17.2 Å². The molecule has 1 unspecified atom stereocenters. The first kappa shape index (κ1) is 21.9. The van der Waals surface area contributed by atoms with Crippen molar-refractivity contribution in [2.45, 2.75) is 11.0 Å². The zero-order chi connectivity index (χ0) is 23.9. The van der Waals surface area contributed by atoms with Gasteiger partial charge in [0.15, 0.2) is 0 Å². The van der Waals surface area contributed by atoms with Crippen LogP contribution in [0.4, 0.5) is 14.5 Å². The molecular formula is C26H19F2NO4S. The fourth-order valence-electron chi connectivity index (χ4n) is 4.10. The SMILES string of the molecule is COc1cccc2c1-c1ccc(NS(=O)(=O)c3ccccc3F)cc1C(c1cccc(F)c1)O2. The predicted octanol–water partition coefficient (Wildman–Crippen LogP) is 5.92. The van der Waals surface area contributed by atoms with Gasteiger partial charge in [-0.1, -0.05) is 36.4 Å². The van der Waals surface area contributed by atoms with Crippen molar-refractivity contribution in [2.24, 2.45) is 0 Å². The van der Waals surface area contributed by atoms with Gasteiger partial charge < -0.3 is 9.47 Å². The Hall–Kier alpha value is -3.91. The molecule has 0 fully saturated rings. The van der Waals surface area contributed by atoms with Crippen molar-refractivity contribution in [3.63, 3.8) is 0 Å². The maximum absolute atomic E-state index is 14.1. The van der Waals surface area contributed by atoms with Gasteiger partial charge in [0.05, 0.1) is 12.7 Å². The molecule has 0 saturated heterocycles. The fourth-order valence-corrected chi connectivity index (χ4v) is 5.23. The molecule has 0 radical (unpaired) electrons. The smallest absolute Gasteiger partial charge is 0.264 e. The van der Waals surface area contributed by atoms with Gasteiger partial charge in [0, 0.05) is 11.3 Å². The first-order valence-electron chi connectivity index (χ1n) is 10.4. The summed E-state index contributed by atoms with van der Waals surface area (Å²) in [5, 5.41) is 0. The number of methoxy groups -OCH3 is 1. The summed E-state index contributed by atoms with van der Waals surface area (Å²) in [7, 11) is -2.64. The lowest BCUT2D eigenvalue weighted by Crippen LogP contribution is -2.18. The Bertz CT molecular complexity index is 1500. The number of nitrogens with one attached hydrogen (secondary N) is 1. The highest BCUT2D eigenvalue weighted by atomic mass is 32.2. The molecule has 1 N–H and O–H groups in total. The monoisotopic (exact) mass is 479 g/mol. The lowest BCUT2D eigenvalue weighted by Gasteiger charge is -2.30. The number of ether oxygens (including phenoxy) is 2. The first-order valence-corrected chi connectivity index (χ1v) is 11.9. The number of hydrogen-bond acceptors (Lipinski definition) is 4. The van der Waals surface area contributed by atoms with Gasteiger partial charge in [-0.2, -0.15) is 0 Å². The van der Waals surface area contributed by atoms with Crippen molar-refractivity contribution in [1.82, 2.24) is 0 Å². The van der Waals surface area contributed by atoms with E-state index in [-0.39, 0.29) is 5.69 Å². The molecule has 1 aliphatic rings. The molecule has 8 heteroatoms. The summed E-state index contributed by atoms with van der Waals surface area (Å²) in [6, 6.07) is 21.5.